The number of rotatable bonds is 4. The molecule has 0 bridgehead atoms. The lowest BCUT2D eigenvalue weighted by atomic mass is 10.1. The largest absolute Gasteiger partial charge is 0.433 e. The molecular weight excluding hydrogens is 296 g/mol. The fraction of sp³-hybridized carbons (Fsp3) is 0.214. The monoisotopic (exact) mass is 308 g/mol. The Balaban J connectivity index is 2.19. The van der Waals surface area contributed by atoms with E-state index in [1.54, 1.807) is 25.2 Å². The van der Waals surface area contributed by atoms with Gasteiger partial charge in [0.2, 0.25) is 0 Å². The van der Waals surface area contributed by atoms with E-state index in [4.69, 9.17) is 16.0 Å². The van der Waals surface area contributed by atoms with Gasteiger partial charge in [0.25, 0.3) is 5.91 Å². The summed E-state index contributed by atoms with van der Waals surface area (Å²) in [6.07, 6.45) is 0. The van der Waals surface area contributed by atoms with Crippen LogP contribution in [-0.2, 0) is 0 Å². The van der Waals surface area contributed by atoms with E-state index in [9.17, 15) is 14.9 Å². The first kappa shape index (κ1) is 15.1. The number of halogens is 1. The molecular formula is C14H13ClN2O4. The van der Waals surface area contributed by atoms with E-state index in [2.05, 4.69) is 0 Å². The van der Waals surface area contributed by atoms with Crippen LogP contribution in [0.25, 0.3) is 0 Å². The number of furan rings is 1. The van der Waals surface area contributed by atoms with Crippen molar-refractivity contribution in [3.63, 3.8) is 0 Å². The number of benzene rings is 1. The lowest BCUT2D eigenvalue weighted by Crippen LogP contribution is -2.29. The maximum atomic E-state index is 12.3. The molecule has 1 aromatic heterocycles. The summed E-state index contributed by atoms with van der Waals surface area (Å²) in [5.41, 5.74) is 0.861. The van der Waals surface area contributed by atoms with Crippen LogP contribution in [-0.4, -0.2) is 22.8 Å². The van der Waals surface area contributed by atoms with Crippen LogP contribution in [0.4, 0.5) is 5.88 Å². The van der Waals surface area contributed by atoms with Crippen LogP contribution >= 0.6 is 11.6 Å². The summed E-state index contributed by atoms with van der Waals surface area (Å²) >= 11 is 5.93. The Morgan fingerprint density at radius 3 is 2.67 bits per heavy atom. The van der Waals surface area contributed by atoms with E-state index >= 15 is 0 Å². The van der Waals surface area contributed by atoms with E-state index < -0.39 is 16.7 Å². The van der Waals surface area contributed by atoms with Crippen molar-refractivity contribution in [3.05, 3.63) is 62.9 Å². The van der Waals surface area contributed by atoms with Gasteiger partial charge in [-0.1, -0.05) is 23.7 Å². The molecule has 0 aliphatic rings. The number of nitro groups is 1. The molecule has 0 saturated heterocycles. The Morgan fingerprint density at radius 1 is 1.38 bits per heavy atom. The first-order chi connectivity index (χ1) is 9.90. The quantitative estimate of drug-likeness (QED) is 0.637. The molecule has 1 heterocycles. The molecule has 6 nitrogen and oxygen atoms in total. The Hall–Kier alpha value is -2.34. The number of amides is 1. The summed E-state index contributed by atoms with van der Waals surface area (Å²) < 4.78 is 4.92. The third-order valence-electron chi connectivity index (χ3n) is 3.21. The number of nitrogens with zero attached hydrogens (tertiary/aromatic N) is 2. The number of hydrogen-bond acceptors (Lipinski definition) is 4. The smallest absolute Gasteiger partial charge is 0.395 e. The molecule has 0 aliphatic carbocycles. The number of carbonyl (C=O) groups is 1. The van der Waals surface area contributed by atoms with Crippen molar-refractivity contribution >= 4 is 23.4 Å². The van der Waals surface area contributed by atoms with Crippen LogP contribution in [0.5, 0.6) is 0 Å². The molecule has 7 heteroatoms. The van der Waals surface area contributed by atoms with Crippen LogP contribution in [0, 0.1) is 10.1 Å². The Morgan fingerprint density at radius 2 is 2.10 bits per heavy atom. The average Bonchev–Trinajstić information content (AvgIpc) is 2.95. The second-order valence-corrected chi connectivity index (χ2v) is 4.98. The predicted molar refractivity (Wildman–Crippen MR) is 77.3 cm³/mol. The van der Waals surface area contributed by atoms with E-state index in [0.717, 1.165) is 11.6 Å². The van der Waals surface area contributed by atoms with Gasteiger partial charge in [0, 0.05) is 12.1 Å². The summed E-state index contributed by atoms with van der Waals surface area (Å²) in [7, 11) is 1.60. The van der Waals surface area contributed by atoms with Crippen LogP contribution < -0.4 is 0 Å². The molecule has 2 rings (SSSR count). The molecule has 110 valence electrons. The van der Waals surface area contributed by atoms with E-state index in [1.807, 2.05) is 13.0 Å². The zero-order valence-corrected chi connectivity index (χ0v) is 12.2. The van der Waals surface area contributed by atoms with Gasteiger partial charge in [-0.25, -0.2) is 0 Å². The van der Waals surface area contributed by atoms with Crippen LogP contribution in [0.3, 0.4) is 0 Å². The van der Waals surface area contributed by atoms with Crippen molar-refractivity contribution in [2.75, 3.05) is 7.05 Å². The summed E-state index contributed by atoms with van der Waals surface area (Å²) in [4.78, 5) is 23.6. The SMILES string of the molecule is CC(c1cccc(Cl)c1)N(C)C(=O)c1ccc([N+](=O)[O-])o1. The van der Waals surface area contributed by atoms with Gasteiger partial charge in [0.05, 0.1) is 12.1 Å². The van der Waals surface area contributed by atoms with Gasteiger partial charge in [-0.2, -0.15) is 0 Å². The number of hydrogen-bond donors (Lipinski definition) is 0. The molecule has 1 amide bonds. The topological polar surface area (TPSA) is 76.6 Å². The Kier molecular flexibility index (Phi) is 4.28. The van der Waals surface area contributed by atoms with Gasteiger partial charge in [0.15, 0.2) is 5.76 Å². The molecule has 1 aromatic carbocycles. The molecule has 2 aromatic rings. The summed E-state index contributed by atoms with van der Waals surface area (Å²) in [5.74, 6) is -0.962. The highest BCUT2D eigenvalue weighted by Crippen LogP contribution is 2.24. The third-order valence-corrected chi connectivity index (χ3v) is 3.45. The van der Waals surface area contributed by atoms with Crippen molar-refractivity contribution in [2.45, 2.75) is 13.0 Å². The minimum atomic E-state index is -0.683. The highest BCUT2D eigenvalue weighted by Gasteiger charge is 2.24. The van der Waals surface area contributed by atoms with Gasteiger partial charge in [0.1, 0.15) is 4.92 Å². The van der Waals surface area contributed by atoms with Gasteiger partial charge in [-0.15, -0.1) is 0 Å². The summed E-state index contributed by atoms with van der Waals surface area (Å²) in [5, 5.41) is 11.1. The normalized spacial score (nSPS) is 12.0. The Labute approximate surface area is 126 Å². The van der Waals surface area contributed by atoms with Crippen LogP contribution in [0.1, 0.15) is 29.1 Å². The van der Waals surface area contributed by atoms with E-state index in [-0.39, 0.29) is 11.8 Å². The highest BCUT2D eigenvalue weighted by molar-refractivity contribution is 6.30. The van der Waals surface area contributed by atoms with Crippen LogP contribution in [0.15, 0.2) is 40.8 Å². The number of carbonyl (C=O) groups excluding carboxylic acids is 1. The molecule has 1 atom stereocenters. The zero-order chi connectivity index (χ0) is 15.6. The lowest BCUT2D eigenvalue weighted by Gasteiger charge is -2.24. The van der Waals surface area contributed by atoms with Gasteiger partial charge in [-0.3, -0.25) is 14.9 Å². The Bertz CT molecular complexity index is 683. The van der Waals surface area contributed by atoms with Crippen molar-refractivity contribution < 1.29 is 14.1 Å². The molecule has 0 saturated carbocycles. The average molecular weight is 309 g/mol. The van der Waals surface area contributed by atoms with Gasteiger partial charge < -0.3 is 9.32 Å². The van der Waals surface area contributed by atoms with Crippen molar-refractivity contribution in [3.8, 4) is 0 Å². The van der Waals surface area contributed by atoms with Crippen molar-refractivity contribution in [1.82, 2.24) is 4.90 Å². The standard InChI is InChI=1S/C14H13ClN2O4/c1-9(10-4-3-5-11(15)8-10)16(2)14(18)12-6-7-13(21-12)17(19)20/h3-9H,1-2H3. The first-order valence-corrected chi connectivity index (χ1v) is 6.55. The maximum Gasteiger partial charge on any atom is 0.433 e. The molecule has 0 radical (unpaired) electrons. The van der Waals surface area contributed by atoms with Crippen molar-refractivity contribution in [1.29, 1.82) is 0 Å². The van der Waals surface area contributed by atoms with Crippen LogP contribution in [0.2, 0.25) is 5.02 Å². The molecule has 1 unspecified atom stereocenters. The fourth-order valence-electron chi connectivity index (χ4n) is 1.88. The highest BCUT2D eigenvalue weighted by atomic mass is 35.5. The molecule has 0 N–H and O–H groups in total. The minimum Gasteiger partial charge on any atom is -0.395 e. The lowest BCUT2D eigenvalue weighted by molar-refractivity contribution is -0.402. The molecule has 21 heavy (non-hydrogen) atoms. The van der Waals surface area contributed by atoms with E-state index in [1.165, 1.54) is 11.0 Å². The third kappa shape index (κ3) is 3.22. The second kappa shape index (κ2) is 5.97. The molecule has 0 fully saturated rings. The van der Waals surface area contributed by atoms with Gasteiger partial charge >= 0.3 is 5.88 Å². The fourth-order valence-corrected chi connectivity index (χ4v) is 2.08. The summed E-state index contributed by atoms with van der Waals surface area (Å²) in [6.45, 7) is 1.83. The molecule has 0 aliphatic heterocycles. The van der Waals surface area contributed by atoms with Crippen molar-refractivity contribution in [2.24, 2.45) is 0 Å². The molecule has 0 spiro atoms. The minimum absolute atomic E-state index is 0.0712. The van der Waals surface area contributed by atoms with Gasteiger partial charge in [-0.05, 0) is 30.7 Å². The maximum absolute atomic E-state index is 12.3. The van der Waals surface area contributed by atoms with E-state index in [0.29, 0.717) is 5.02 Å². The second-order valence-electron chi connectivity index (χ2n) is 4.54. The predicted octanol–water partition coefficient (Wildman–Crippen LogP) is 3.67. The zero-order valence-electron chi connectivity index (χ0n) is 11.4. The first-order valence-electron chi connectivity index (χ1n) is 6.17. The summed E-state index contributed by atoms with van der Waals surface area (Å²) in [6, 6.07) is 9.36.